The van der Waals surface area contributed by atoms with Crippen molar-refractivity contribution < 1.29 is 86.0 Å². The van der Waals surface area contributed by atoms with Crippen LogP contribution in [0, 0.1) is 0 Å². The van der Waals surface area contributed by atoms with E-state index in [0.29, 0.717) is 37.4 Å². The average Bonchev–Trinajstić information content (AvgIpc) is 3.51. The van der Waals surface area contributed by atoms with E-state index in [-0.39, 0.29) is 115 Å². The van der Waals surface area contributed by atoms with E-state index >= 15 is 0 Å². The molecule has 0 saturated carbocycles. The highest BCUT2D eigenvalue weighted by Gasteiger charge is 2.20. The topological polar surface area (TPSA) is 357 Å². The second-order valence-corrected chi connectivity index (χ2v) is 16.6. The molecule has 5 rings (SSSR count). The number of nitrogens with one attached hydrogen (secondary N) is 1. The number of ketones is 4. The number of carbonyl (C=O) groups is 10. The summed E-state index contributed by atoms with van der Waals surface area (Å²) in [6, 6.07) is 32.5. The number of aromatic nitrogens is 4. The van der Waals surface area contributed by atoms with Gasteiger partial charge in [0.05, 0.1) is 76.7 Å². The summed E-state index contributed by atoms with van der Waals surface area (Å²) in [4.78, 5) is 117. The monoisotopic (exact) mass is 1320 g/mol. The number of rotatable bonds is 23. The number of halogens is 1. The minimum Gasteiger partial charge on any atom is -0.461 e. The molecule has 0 radical (unpaired) electrons. The molecule has 0 fully saturated rings. The van der Waals surface area contributed by atoms with Crippen molar-refractivity contribution in [3.8, 4) is 11.4 Å². The van der Waals surface area contributed by atoms with Gasteiger partial charge in [-0.3, -0.25) is 20.2 Å². The average molecular weight is 1320 g/mol. The van der Waals surface area contributed by atoms with Crippen LogP contribution in [0.5, 0.6) is 0 Å². The van der Waals surface area contributed by atoms with Gasteiger partial charge >= 0.3 is 35.8 Å². The molecule has 26 nitrogen and oxygen atoms in total. The number of nitrogens with zero attached hydrogens (tertiary/aromatic N) is 5. The summed E-state index contributed by atoms with van der Waals surface area (Å²) in [6.07, 6.45) is 2.51. The SMILES string of the molecule is C.C.C.CCC(C)=O.CCOC(=O)C(=O)CC(=O)CC.CCOC(=O)C(=O)OCC.CCOC(=O)C(CC(=O)CC)=NOC.CCOC(=O)c1cc(CC)n(-c2ccccc2)n1.CCOC(=O)c1cc(CC)nn1-c1ccccc1.CON.Cl.NNc1ccccc1. The van der Waals surface area contributed by atoms with E-state index < -0.39 is 29.7 Å². The van der Waals surface area contributed by atoms with E-state index in [0.717, 1.165) is 41.3 Å². The van der Waals surface area contributed by atoms with Gasteiger partial charge in [-0.2, -0.15) is 10.2 Å². The summed E-state index contributed by atoms with van der Waals surface area (Å²) in [5.41, 5.74) is 7.99. The molecule has 0 bridgehead atoms. The minimum atomic E-state index is -0.927. The molecule has 27 heteroatoms. The number of oxime groups is 1. The number of esters is 6. The molecule has 2 aromatic heterocycles. The molecule has 0 atom stereocenters. The summed E-state index contributed by atoms with van der Waals surface area (Å²) in [6.45, 7) is 22.5. The van der Waals surface area contributed by atoms with Gasteiger partial charge in [0, 0.05) is 30.6 Å². The molecule has 92 heavy (non-hydrogen) atoms. The lowest BCUT2D eigenvalue weighted by molar-refractivity contribution is -0.167. The third-order valence-corrected chi connectivity index (χ3v) is 10.1. The number of nitrogen functional groups attached to an aromatic ring is 1. The van der Waals surface area contributed by atoms with Gasteiger partial charge in [0.1, 0.15) is 24.5 Å². The van der Waals surface area contributed by atoms with E-state index in [1.807, 2.05) is 112 Å². The molecule has 3 aromatic carbocycles. The third-order valence-electron chi connectivity index (χ3n) is 10.1. The number of ether oxygens (including phenoxy) is 6. The Hall–Kier alpha value is -8.98. The molecule has 518 valence electrons. The molecule has 0 aliphatic carbocycles. The standard InChI is InChI=1S/2C14H16N2O2.C9H15NO4.C8H12O4.C6H8N2.C6H10O4.C4H8O.CH5NO.3CH4.ClH/c1-3-11-10-13(14(17)18-4-2)15-16(11)12-8-6-5-7-9-12;1-3-11-10-13(14(17)18-4-2)16(15-11)12-8-6-5-7-9-12;1-4-7(11)6-8(10-13-3)9(12)14-5-2;1-3-6(9)5-7(10)8(11)12-4-2;7-8-6-4-2-1-3-5-6;1-3-9-5(7)6(8)10-4-2;1-3-4(2)5;1-3-2;;;;/h2*5-10H,3-4H2,1-2H3;4-6H2,1-3H3;3-5H2,1-2H3;1-5,8H,7H2;3-4H2,1-2H3;3H2,1-2H3;2H2,1H3;3*1H4;1H. The highest BCUT2D eigenvalue weighted by Crippen LogP contribution is 2.16. The Labute approximate surface area is 550 Å². The number of hydrazine groups is 1. The van der Waals surface area contributed by atoms with E-state index in [2.05, 4.69) is 50.6 Å². The molecule has 5 N–H and O–H groups in total. The summed E-state index contributed by atoms with van der Waals surface area (Å²) < 4.78 is 31.2. The van der Waals surface area contributed by atoms with Gasteiger partial charge in [-0.1, -0.05) is 117 Å². The second kappa shape index (κ2) is 62.2. The molecule has 0 unspecified atom stereocenters. The van der Waals surface area contributed by atoms with Crippen molar-refractivity contribution in [3.05, 3.63) is 126 Å². The van der Waals surface area contributed by atoms with E-state index in [4.69, 9.17) is 20.1 Å². The lowest BCUT2D eigenvalue weighted by Gasteiger charge is -2.06. The normalized spacial score (nSPS) is 9.20. The number of benzene rings is 3. The molecule has 2 heterocycles. The largest absolute Gasteiger partial charge is 0.461 e. The van der Waals surface area contributed by atoms with Crippen LogP contribution in [-0.2, 0) is 89.3 Å². The van der Waals surface area contributed by atoms with Crippen LogP contribution in [0.15, 0.2) is 108 Å². The zero-order chi connectivity index (χ0) is 67.2. The first-order valence-electron chi connectivity index (χ1n) is 28.3. The molecule has 5 aromatic rings. The predicted octanol–water partition coefficient (Wildman–Crippen LogP) is 10.5. The van der Waals surface area contributed by atoms with E-state index in [1.165, 1.54) is 14.2 Å². The summed E-state index contributed by atoms with van der Waals surface area (Å²) in [7, 11) is 2.72. The van der Waals surface area contributed by atoms with Gasteiger partial charge in [0.15, 0.2) is 17.1 Å². The van der Waals surface area contributed by atoms with Gasteiger partial charge in [-0.05, 0) is 110 Å². The van der Waals surface area contributed by atoms with Crippen molar-refractivity contribution in [2.45, 2.75) is 150 Å². The highest BCUT2D eigenvalue weighted by atomic mass is 35.5. The van der Waals surface area contributed by atoms with Crippen molar-refractivity contribution in [1.29, 1.82) is 0 Å². The quantitative estimate of drug-likeness (QED) is 0.0104. The Morgan fingerprint density at radius 2 is 0.891 bits per heavy atom. The van der Waals surface area contributed by atoms with Crippen molar-refractivity contribution in [3.63, 3.8) is 0 Å². The van der Waals surface area contributed by atoms with Gasteiger partial charge in [-0.15, -0.1) is 12.4 Å². The van der Waals surface area contributed by atoms with Gasteiger partial charge in [0.25, 0.3) is 0 Å². The van der Waals surface area contributed by atoms with Gasteiger partial charge in [-0.25, -0.2) is 44.0 Å². The third kappa shape index (κ3) is 44.5. The number of carbonyl (C=O) groups excluding carboxylic acids is 10. The Kier molecular flexibility index (Phi) is 65.4. The van der Waals surface area contributed by atoms with Crippen LogP contribution in [0.2, 0.25) is 0 Å². The molecule has 0 aliphatic heterocycles. The maximum absolute atomic E-state index is 11.9. The lowest BCUT2D eigenvalue weighted by atomic mass is 10.1. The Morgan fingerprint density at radius 3 is 1.26 bits per heavy atom. The summed E-state index contributed by atoms with van der Waals surface area (Å²) in [5.74, 6) is 4.54. The Bertz CT molecular complexity index is 2820. The fourth-order valence-corrected chi connectivity index (χ4v) is 5.77. The highest BCUT2D eigenvalue weighted by molar-refractivity contribution is 6.39. The first kappa shape index (κ1) is 96.6. The Morgan fingerprint density at radius 1 is 0.500 bits per heavy atom. The van der Waals surface area contributed by atoms with Crippen LogP contribution in [0.3, 0.4) is 0 Å². The van der Waals surface area contributed by atoms with Gasteiger partial charge < -0.3 is 48.3 Å². The number of hydrogen-bond donors (Lipinski definition) is 3. The van der Waals surface area contributed by atoms with Crippen LogP contribution in [0.25, 0.3) is 11.4 Å². The zero-order valence-electron chi connectivity index (χ0n) is 53.7. The Balaban J connectivity index is -0.000000185. The number of anilines is 1. The number of para-hydroxylation sites is 3. The first-order valence-corrected chi connectivity index (χ1v) is 28.3. The second-order valence-electron chi connectivity index (χ2n) is 16.6. The van der Waals surface area contributed by atoms with Crippen molar-refractivity contribution in [2.24, 2.45) is 16.9 Å². The molecule has 0 amide bonds. The maximum atomic E-state index is 11.9. The van der Waals surface area contributed by atoms with E-state index in [1.54, 1.807) is 83.8 Å². The molecule has 0 spiro atoms. The number of nitrogens with two attached hydrogens (primary N) is 2. The van der Waals surface area contributed by atoms with Gasteiger partial charge in [0.2, 0.25) is 5.78 Å². The van der Waals surface area contributed by atoms with E-state index in [9.17, 15) is 47.9 Å². The fraction of sp³-hybridized carbons (Fsp3) is 0.462. The molecule has 0 saturated heterocycles. The first-order chi connectivity index (χ1) is 42.1. The van der Waals surface area contributed by atoms with Crippen molar-refractivity contribution >= 4 is 82.8 Å². The molecule has 0 aliphatic rings. The smallest absolute Gasteiger partial charge is 0.417 e. The van der Waals surface area contributed by atoms with Crippen LogP contribution in [-0.4, -0.2) is 138 Å². The summed E-state index contributed by atoms with van der Waals surface area (Å²) in [5, 5.41) is 12.2. The minimum absolute atomic E-state index is 0. The predicted molar refractivity (Wildman–Crippen MR) is 357 cm³/mol. The molecular weight excluding hydrogens is 1220 g/mol. The van der Waals surface area contributed by atoms with Crippen molar-refractivity contribution in [1.82, 2.24) is 19.6 Å². The number of Topliss-reactive ketones (excluding diaryl/α,β-unsaturated/α-hetero) is 4. The van der Waals surface area contributed by atoms with Crippen LogP contribution in [0.1, 0.15) is 170 Å². The van der Waals surface area contributed by atoms with Crippen LogP contribution in [0.4, 0.5) is 5.69 Å². The van der Waals surface area contributed by atoms with Crippen molar-refractivity contribution in [2.75, 3.05) is 59.3 Å². The number of aryl methyl sites for hydroxylation is 2. The lowest BCUT2D eigenvalue weighted by Crippen LogP contribution is -2.21. The number of hydrogen-bond acceptors (Lipinski definition) is 24. The summed E-state index contributed by atoms with van der Waals surface area (Å²) >= 11 is 0. The molecular formula is C65H103ClN8O18. The maximum Gasteiger partial charge on any atom is 0.417 e. The fourth-order valence-electron chi connectivity index (χ4n) is 5.77. The van der Waals surface area contributed by atoms with Crippen LogP contribution < -0.4 is 17.2 Å². The zero-order valence-corrected chi connectivity index (χ0v) is 54.5. The van der Waals surface area contributed by atoms with Crippen LogP contribution >= 0.6 is 12.4 Å².